The standard InChI is InChI=1S/C23H27FN4O2S/c1-15(2)12-25-21(29)17-4-3-10-27(14-17)23-26-19-9-11-31-20(19)22(30)28(23)13-16-5-7-18(24)8-6-16/h5-9,11,15,17H,3-4,10,12-14H2,1-2H3,(H,25,29)/t17-/m0/s1. The van der Waals surface area contributed by atoms with Gasteiger partial charge in [-0.25, -0.2) is 9.37 Å². The van der Waals surface area contributed by atoms with E-state index in [1.54, 1.807) is 16.7 Å². The van der Waals surface area contributed by atoms with Gasteiger partial charge in [0.2, 0.25) is 11.9 Å². The summed E-state index contributed by atoms with van der Waals surface area (Å²) in [5.41, 5.74) is 1.39. The summed E-state index contributed by atoms with van der Waals surface area (Å²) in [5, 5.41) is 4.90. The molecular weight excluding hydrogens is 415 g/mol. The Labute approximate surface area is 184 Å². The summed E-state index contributed by atoms with van der Waals surface area (Å²) < 4.78 is 15.6. The number of amides is 1. The smallest absolute Gasteiger partial charge is 0.273 e. The van der Waals surface area contributed by atoms with Crippen LogP contribution in [0.3, 0.4) is 0 Å². The third-order valence-corrected chi connectivity index (χ3v) is 6.45. The Morgan fingerprint density at radius 2 is 2.06 bits per heavy atom. The van der Waals surface area contributed by atoms with Gasteiger partial charge < -0.3 is 10.2 Å². The lowest BCUT2D eigenvalue weighted by Gasteiger charge is -2.34. The largest absolute Gasteiger partial charge is 0.356 e. The average Bonchev–Trinajstić information content (AvgIpc) is 3.24. The minimum absolute atomic E-state index is 0.0578. The summed E-state index contributed by atoms with van der Waals surface area (Å²) >= 11 is 1.37. The molecule has 6 nitrogen and oxygen atoms in total. The van der Waals surface area contributed by atoms with E-state index in [-0.39, 0.29) is 23.2 Å². The van der Waals surface area contributed by atoms with Crippen molar-refractivity contribution in [1.82, 2.24) is 14.9 Å². The Balaban J connectivity index is 1.66. The minimum atomic E-state index is -0.311. The van der Waals surface area contributed by atoms with Crippen molar-refractivity contribution in [3.05, 3.63) is 57.4 Å². The molecule has 1 N–H and O–H groups in total. The highest BCUT2D eigenvalue weighted by molar-refractivity contribution is 7.17. The van der Waals surface area contributed by atoms with Crippen LogP contribution in [0.15, 0.2) is 40.5 Å². The summed E-state index contributed by atoms with van der Waals surface area (Å²) in [6.45, 7) is 6.36. The van der Waals surface area contributed by atoms with Gasteiger partial charge in [0.25, 0.3) is 5.56 Å². The highest BCUT2D eigenvalue weighted by Gasteiger charge is 2.28. The lowest BCUT2D eigenvalue weighted by Crippen LogP contribution is -2.45. The number of rotatable bonds is 6. The van der Waals surface area contributed by atoms with Crippen LogP contribution in [-0.4, -0.2) is 35.1 Å². The SMILES string of the molecule is CC(C)CNC(=O)[C@H]1CCCN(c2nc3ccsc3c(=O)n2Cc2ccc(F)cc2)C1. The molecule has 164 valence electrons. The second-order valence-corrected chi connectivity index (χ2v) is 9.40. The molecule has 3 heterocycles. The Morgan fingerprint density at radius 1 is 1.29 bits per heavy atom. The van der Waals surface area contributed by atoms with E-state index in [1.807, 2.05) is 16.3 Å². The highest BCUT2D eigenvalue weighted by Crippen LogP contribution is 2.25. The van der Waals surface area contributed by atoms with Crippen molar-refractivity contribution in [2.24, 2.45) is 11.8 Å². The van der Waals surface area contributed by atoms with Crippen LogP contribution in [0.4, 0.5) is 10.3 Å². The number of nitrogens with one attached hydrogen (secondary N) is 1. The Bertz CT molecular complexity index is 1120. The number of benzene rings is 1. The molecule has 3 aromatic rings. The summed E-state index contributed by atoms with van der Waals surface area (Å²) in [7, 11) is 0. The van der Waals surface area contributed by atoms with Crippen molar-refractivity contribution >= 4 is 33.4 Å². The van der Waals surface area contributed by atoms with Crippen LogP contribution in [0, 0.1) is 17.7 Å². The monoisotopic (exact) mass is 442 g/mol. The molecule has 1 aliphatic rings. The van der Waals surface area contributed by atoms with Gasteiger partial charge >= 0.3 is 0 Å². The highest BCUT2D eigenvalue weighted by atomic mass is 32.1. The van der Waals surface area contributed by atoms with Crippen molar-refractivity contribution in [3.63, 3.8) is 0 Å². The van der Waals surface area contributed by atoms with Gasteiger partial charge in [-0.2, -0.15) is 0 Å². The minimum Gasteiger partial charge on any atom is -0.356 e. The van der Waals surface area contributed by atoms with Gasteiger partial charge in [0.05, 0.1) is 18.0 Å². The number of hydrogen-bond acceptors (Lipinski definition) is 5. The Kier molecular flexibility index (Phi) is 6.36. The van der Waals surface area contributed by atoms with Crippen LogP contribution >= 0.6 is 11.3 Å². The first-order valence-corrected chi connectivity index (χ1v) is 11.6. The second kappa shape index (κ2) is 9.18. The molecule has 0 saturated carbocycles. The Hall–Kier alpha value is -2.74. The maximum atomic E-state index is 13.3. The maximum Gasteiger partial charge on any atom is 0.273 e. The van der Waals surface area contributed by atoms with Gasteiger partial charge in [-0.1, -0.05) is 26.0 Å². The molecule has 0 radical (unpaired) electrons. The van der Waals surface area contributed by atoms with Crippen molar-refractivity contribution in [2.75, 3.05) is 24.5 Å². The lowest BCUT2D eigenvalue weighted by atomic mass is 9.97. The number of anilines is 1. The van der Waals surface area contributed by atoms with Gasteiger partial charge in [0.1, 0.15) is 10.5 Å². The molecule has 1 atom stereocenters. The normalized spacial score (nSPS) is 16.8. The zero-order valence-electron chi connectivity index (χ0n) is 17.8. The van der Waals surface area contributed by atoms with Gasteiger partial charge in [-0.3, -0.25) is 14.2 Å². The van der Waals surface area contributed by atoms with Crippen LogP contribution in [0.5, 0.6) is 0 Å². The number of carbonyl (C=O) groups excluding carboxylic acids is 1. The van der Waals surface area contributed by atoms with E-state index in [2.05, 4.69) is 19.2 Å². The quantitative estimate of drug-likeness (QED) is 0.633. The van der Waals surface area contributed by atoms with Crippen LogP contribution in [0.2, 0.25) is 0 Å². The first kappa shape index (κ1) is 21.5. The van der Waals surface area contributed by atoms with Crippen LogP contribution < -0.4 is 15.8 Å². The molecule has 0 unspecified atom stereocenters. The van der Waals surface area contributed by atoms with Gasteiger partial charge in [-0.05, 0) is 47.9 Å². The maximum absolute atomic E-state index is 13.3. The Morgan fingerprint density at radius 3 is 2.81 bits per heavy atom. The van der Waals surface area contributed by atoms with E-state index in [0.29, 0.717) is 41.7 Å². The average molecular weight is 443 g/mol. The third-order valence-electron chi connectivity index (χ3n) is 5.56. The molecule has 4 rings (SSSR count). The van der Waals surface area contributed by atoms with Gasteiger partial charge in [0, 0.05) is 19.6 Å². The summed E-state index contributed by atoms with van der Waals surface area (Å²) in [6, 6.07) is 8.01. The number of nitrogens with zero attached hydrogens (tertiary/aromatic N) is 3. The predicted molar refractivity (Wildman–Crippen MR) is 122 cm³/mol. The first-order valence-electron chi connectivity index (χ1n) is 10.7. The fourth-order valence-corrected chi connectivity index (χ4v) is 4.69. The molecule has 1 aliphatic heterocycles. The summed E-state index contributed by atoms with van der Waals surface area (Å²) in [6.07, 6.45) is 1.68. The molecular formula is C23H27FN4O2S. The number of fused-ring (bicyclic) bond motifs is 1. The van der Waals surface area contributed by atoms with E-state index in [4.69, 9.17) is 4.98 Å². The number of piperidine rings is 1. The number of thiophene rings is 1. The molecule has 0 spiro atoms. The molecule has 0 bridgehead atoms. The molecule has 1 aromatic carbocycles. The van der Waals surface area contributed by atoms with E-state index in [0.717, 1.165) is 24.9 Å². The van der Waals surface area contributed by atoms with E-state index >= 15 is 0 Å². The molecule has 0 aliphatic carbocycles. The molecule has 1 fully saturated rings. The number of hydrogen-bond donors (Lipinski definition) is 1. The van der Waals surface area contributed by atoms with E-state index < -0.39 is 0 Å². The van der Waals surface area contributed by atoms with Gasteiger partial charge in [-0.15, -0.1) is 11.3 Å². The first-order chi connectivity index (χ1) is 14.9. The third kappa shape index (κ3) is 4.79. The number of halogens is 1. The van der Waals surface area contributed by atoms with Crippen molar-refractivity contribution in [2.45, 2.75) is 33.2 Å². The zero-order chi connectivity index (χ0) is 22.0. The fraction of sp³-hybridized carbons (Fsp3) is 0.435. The molecule has 1 amide bonds. The fourth-order valence-electron chi connectivity index (χ4n) is 3.91. The van der Waals surface area contributed by atoms with E-state index in [1.165, 1.54) is 23.5 Å². The van der Waals surface area contributed by atoms with E-state index in [9.17, 15) is 14.0 Å². The van der Waals surface area contributed by atoms with Crippen LogP contribution in [0.1, 0.15) is 32.3 Å². The predicted octanol–water partition coefficient (Wildman–Crippen LogP) is 3.63. The topological polar surface area (TPSA) is 67.2 Å². The van der Waals surface area contributed by atoms with Crippen molar-refractivity contribution in [3.8, 4) is 0 Å². The zero-order valence-corrected chi connectivity index (χ0v) is 18.6. The van der Waals surface area contributed by atoms with Gasteiger partial charge in [0.15, 0.2) is 0 Å². The number of aromatic nitrogens is 2. The van der Waals surface area contributed by atoms with Crippen molar-refractivity contribution in [1.29, 1.82) is 0 Å². The van der Waals surface area contributed by atoms with Crippen LogP contribution in [0.25, 0.3) is 10.2 Å². The van der Waals surface area contributed by atoms with Crippen LogP contribution in [-0.2, 0) is 11.3 Å². The lowest BCUT2D eigenvalue weighted by molar-refractivity contribution is -0.125. The molecule has 31 heavy (non-hydrogen) atoms. The number of carbonyl (C=O) groups is 1. The summed E-state index contributed by atoms with van der Waals surface area (Å²) in [5.74, 6) is 0.576. The molecule has 2 aromatic heterocycles. The second-order valence-electron chi connectivity index (χ2n) is 8.49. The molecule has 8 heteroatoms. The van der Waals surface area contributed by atoms with Crippen molar-refractivity contribution < 1.29 is 9.18 Å². The molecule has 1 saturated heterocycles. The summed E-state index contributed by atoms with van der Waals surface area (Å²) in [4.78, 5) is 32.8.